The van der Waals surface area contributed by atoms with Crippen LogP contribution in [0.2, 0.25) is 0 Å². The average Bonchev–Trinajstić information content (AvgIpc) is 3.96. The Morgan fingerprint density at radius 1 is 0.412 bits per heavy atom. The highest BCUT2D eigenvalue weighted by Crippen LogP contribution is 2.22. The molecule has 51 heavy (non-hydrogen) atoms. The van der Waals surface area contributed by atoms with E-state index in [1.54, 1.807) is 59.0 Å². The predicted molar refractivity (Wildman–Crippen MR) is 193 cm³/mol. The first kappa shape index (κ1) is 31.4. The summed E-state index contributed by atoms with van der Waals surface area (Å²) in [6.45, 7) is 0. The molecule has 248 valence electrons. The summed E-state index contributed by atoms with van der Waals surface area (Å²) in [5.74, 6) is 0.221. The van der Waals surface area contributed by atoms with Crippen LogP contribution < -0.4 is 0 Å². The average molecular weight is 695 g/mol. The number of benzene rings is 4. The molecule has 0 aliphatic rings. The van der Waals surface area contributed by atoms with Gasteiger partial charge in [0.15, 0.2) is 11.3 Å². The molecule has 0 spiro atoms. The van der Waals surface area contributed by atoms with E-state index in [0.29, 0.717) is 50.8 Å². The third-order valence-corrected chi connectivity index (χ3v) is 8.07. The van der Waals surface area contributed by atoms with Crippen molar-refractivity contribution < 1.29 is 8.78 Å². The molecule has 0 saturated carbocycles. The Bertz CT molecular complexity index is 2810. The van der Waals surface area contributed by atoms with Gasteiger partial charge in [-0.2, -0.15) is 23.5 Å². The summed E-state index contributed by atoms with van der Waals surface area (Å²) >= 11 is 0. The third-order valence-electron chi connectivity index (χ3n) is 8.07. The maximum absolute atomic E-state index is 13.6. The van der Waals surface area contributed by atoms with E-state index in [1.165, 1.54) is 24.3 Å². The molecule has 6 heterocycles. The first-order valence-electron chi connectivity index (χ1n) is 15.4. The Morgan fingerprint density at radius 3 is 1.47 bits per heavy atom. The minimum Gasteiger partial charge on any atom is -0.283 e. The quantitative estimate of drug-likeness (QED) is 0.200. The second-order valence-corrected chi connectivity index (χ2v) is 11.2. The molecule has 15 heteroatoms. The summed E-state index contributed by atoms with van der Waals surface area (Å²) in [7, 11) is 0. The molecule has 4 aromatic carbocycles. The van der Waals surface area contributed by atoms with E-state index in [-0.39, 0.29) is 25.1 Å². The molecule has 0 radical (unpaired) electrons. The van der Waals surface area contributed by atoms with Crippen LogP contribution >= 0.6 is 13.5 Å². The molecule has 0 unspecified atom stereocenters. The van der Waals surface area contributed by atoms with E-state index in [1.807, 2.05) is 69.8 Å². The monoisotopic (exact) mass is 694 g/mol. The van der Waals surface area contributed by atoms with Crippen LogP contribution in [0, 0.1) is 11.6 Å². The van der Waals surface area contributed by atoms with Crippen LogP contribution in [0.15, 0.2) is 135 Å². The number of hydrogen-bond donors (Lipinski definition) is 0. The molecule has 0 N–H and O–H groups in total. The number of rotatable bonds is 4. The van der Waals surface area contributed by atoms with E-state index in [2.05, 4.69) is 39.9 Å². The fourth-order valence-corrected chi connectivity index (χ4v) is 5.67. The number of halogens is 2. The fourth-order valence-electron chi connectivity index (χ4n) is 5.67. The van der Waals surface area contributed by atoms with Crippen molar-refractivity contribution in [3.8, 4) is 23.3 Å². The number of nitrogens with zero attached hydrogens (tertiary/aromatic N) is 12. The topological polar surface area (TPSA) is 123 Å². The van der Waals surface area contributed by atoms with Gasteiger partial charge < -0.3 is 0 Å². The molecule has 0 amide bonds. The minimum absolute atomic E-state index is 0. The van der Waals surface area contributed by atoms with Gasteiger partial charge in [-0.3, -0.25) is 18.3 Å². The van der Waals surface area contributed by atoms with Gasteiger partial charge in [0.05, 0.1) is 34.5 Å². The lowest BCUT2D eigenvalue weighted by Crippen LogP contribution is -2.02. The lowest BCUT2D eigenvalue weighted by Gasteiger charge is -2.05. The van der Waals surface area contributed by atoms with Gasteiger partial charge in [-0.1, -0.05) is 36.4 Å². The number of imidazole rings is 4. The van der Waals surface area contributed by atoms with E-state index < -0.39 is 0 Å². The standard InChI is InChI=1S/2C18H11FN6.H2S/c19-12-6-7-16-14(8-12)21-11-25(16)18-20-9-15-17(23-18)24(10-22-15)13-4-2-1-3-5-13;19-12-6-7-14-16(8-12)25(11-21-14)18-20-9-15-17(23-18)24(10-22-15)13-4-2-1-3-5-13;/h2*1-11H;1H2. The normalized spacial score (nSPS) is 11.2. The molecule has 0 fully saturated rings. The molecule has 0 aliphatic carbocycles. The first-order chi connectivity index (χ1) is 24.6. The maximum atomic E-state index is 13.6. The SMILES string of the molecule is Fc1ccc2c(c1)ncn2-c1ncc2ncn(-c3ccccc3)c2n1.Fc1ccc2ncn(-c3ncc4ncn(-c5ccccc5)c4n3)c2c1.S. The Hall–Kier alpha value is -6.87. The molecule has 0 bridgehead atoms. The van der Waals surface area contributed by atoms with Crippen molar-refractivity contribution >= 4 is 57.9 Å². The van der Waals surface area contributed by atoms with Crippen LogP contribution in [0.5, 0.6) is 0 Å². The van der Waals surface area contributed by atoms with Gasteiger partial charge in [0.1, 0.15) is 48.0 Å². The second-order valence-electron chi connectivity index (χ2n) is 11.2. The predicted octanol–water partition coefficient (Wildman–Crippen LogP) is 6.70. The molecule has 0 aliphatic heterocycles. The highest BCUT2D eigenvalue weighted by Gasteiger charge is 2.14. The molecule has 10 rings (SSSR count). The summed E-state index contributed by atoms with van der Waals surface area (Å²) in [5, 5.41) is 0. The second kappa shape index (κ2) is 12.9. The highest BCUT2D eigenvalue weighted by atomic mass is 32.1. The van der Waals surface area contributed by atoms with Gasteiger partial charge in [0, 0.05) is 23.5 Å². The van der Waals surface area contributed by atoms with Gasteiger partial charge in [-0.15, -0.1) is 0 Å². The van der Waals surface area contributed by atoms with Crippen LogP contribution in [0.3, 0.4) is 0 Å². The smallest absolute Gasteiger partial charge is 0.237 e. The van der Waals surface area contributed by atoms with E-state index in [4.69, 9.17) is 0 Å². The van der Waals surface area contributed by atoms with Crippen molar-refractivity contribution in [2.24, 2.45) is 0 Å². The van der Waals surface area contributed by atoms with Crippen molar-refractivity contribution in [1.82, 2.24) is 58.1 Å². The van der Waals surface area contributed by atoms with Crippen LogP contribution in [0.25, 0.3) is 67.7 Å². The number of para-hydroxylation sites is 2. The van der Waals surface area contributed by atoms with E-state index >= 15 is 0 Å². The fraction of sp³-hybridized carbons (Fsp3) is 0. The molecule has 10 aromatic rings. The highest BCUT2D eigenvalue weighted by molar-refractivity contribution is 7.59. The summed E-state index contributed by atoms with van der Waals surface area (Å²) in [6, 6.07) is 28.5. The molecule has 0 atom stereocenters. The molecule has 12 nitrogen and oxygen atoms in total. The van der Waals surface area contributed by atoms with Gasteiger partial charge in [-0.05, 0) is 48.5 Å². The number of aromatic nitrogens is 12. The van der Waals surface area contributed by atoms with Gasteiger partial charge in [0.2, 0.25) is 11.9 Å². The minimum atomic E-state index is -0.329. The van der Waals surface area contributed by atoms with Crippen molar-refractivity contribution in [3.05, 3.63) is 146 Å². The van der Waals surface area contributed by atoms with Gasteiger partial charge >= 0.3 is 0 Å². The van der Waals surface area contributed by atoms with Crippen molar-refractivity contribution in [1.29, 1.82) is 0 Å². The van der Waals surface area contributed by atoms with Crippen molar-refractivity contribution in [2.75, 3.05) is 0 Å². The molecular formula is C36H24F2N12S. The Morgan fingerprint density at radius 2 is 0.882 bits per heavy atom. The van der Waals surface area contributed by atoms with Crippen LogP contribution in [0.1, 0.15) is 0 Å². The Kier molecular flexibility index (Phi) is 7.92. The van der Waals surface area contributed by atoms with Crippen molar-refractivity contribution in [3.63, 3.8) is 0 Å². The maximum Gasteiger partial charge on any atom is 0.237 e. The van der Waals surface area contributed by atoms with Crippen molar-refractivity contribution in [2.45, 2.75) is 0 Å². The van der Waals surface area contributed by atoms with E-state index in [0.717, 1.165) is 16.9 Å². The van der Waals surface area contributed by atoms with E-state index in [9.17, 15) is 8.78 Å². The lowest BCUT2D eigenvalue weighted by atomic mass is 10.3. The number of hydrogen-bond acceptors (Lipinski definition) is 8. The Labute approximate surface area is 293 Å². The lowest BCUT2D eigenvalue weighted by molar-refractivity contribution is 0.628. The molecule has 6 aromatic heterocycles. The largest absolute Gasteiger partial charge is 0.283 e. The van der Waals surface area contributed by atoms with Crippen LogP contribution in [-0.2, 0) is 0 Å². The summed E-state index contributed by atoms with van der Waals surface area (Å²) in [4.78, 5) is 35.2. The Balaban J connectivity index is 0.000000144. The van der Waals surface area contributed by atoms with Crippen LogP contribution in [0.4, 0.5) is 8.78 Å². The summed E-state index contributed by atoms with van der Waals surface area (Å²) in [6.07, 6.45) is 9.95. The first-order valence-corrected chi connectivity index (χ1v) is 15.4. The number of fused-ring (bicyclic) bond motifs is 4. The van der Waals surface area contributed by atoms with Crippen LogP contribution in [-0.4, -0.2) is 58.1 Å². The van der Waals surface area contributed by atoms with Gasteiger partial charge in [0.25, 0.3) is 0 Å². The molecular weight excluding hydrogens is 671 g/mol. The molecule has 0 saturated heterocycles. The third kappa shape index (κ3) is 5.70. The summed E-state index contributed by atoms with van der Waals surface area (Å²) in [5.41, 5.74) is 7.27. The van der Waals surface area contributed by atoms with Gasteiger partial charge in [-0.25, -0.2) is 38.7 Å². The summed E-state index contributed by atoms with van der Waals surface area (Å²) < 4.78 is 34.2. The zero-order valence-corrected chi connectivity index (χ0v) is 27.3. The zero-order chi connectivity index (χ0) is 33.6. The zero-order valence-electron chi connectivity index (χ0n) is 26.3.